The first-order valence-electron chi connectivity index (χ1n) is 8.98. The zero-order valence-corrected chi connectivity index (χ0v) is 15.3. The molecule has 0 unspecified atom stereocenters. The quantitative estimate of drug-likeness (QED) is 0.627. The maximum Gasteiger partial charge on any atom is 0.248 e. The normalized spacial score (nSPS) is 11.4. The largest absolute Gasteiger partial charge is 0.329 e. The van der Waals surface area contributed by atoms with E-state index in [9.17, 15) is 9.59 Å². The van der Waals surface area contributed by atoms with Crippen molar-refractivity contribution in [2.24, 2.45) is 4.99 Å². The molecule has 1 heterocycles. The Balaban J connectivity index is 1.70. The van der Waals surface area contributed by atoms with Crippen LogP contribution in [0.1, 0.15) is 34.3 Å². The van der Waals surface area contributed by atoms with Crippen molar-refractivity contribution in [3.05, 3.63) is 101 Å². The van der Waals surface area contributed by atoms with Crippen molar-refractivity contribution in [3.8, 4) is 0 Å². The fraction of sp³-hybridized carbons (Fsp3) is 0.174. The highest BCUT2D eigenvalue weighted by atomic mass is 16.1. The van der Waals surface area contributed by atoms with E-state index in [-0.39, 0.29) is 24.5 Å². The summed E-state index contributed by atoms with van der Waals surface area (Å²) in [6.45, 7) is 2.69. The molecule has 4 heteroatoms. The molecule has 4 nitrogen and oxygen atoms in total. The van der Waals surface area contributed by atoms with Gasteiger partial charge in [0.1, 0.15) is 5.49 Å². The number of carbonyl (C=O) groups is 2. The zero-order chi connectivity index (χ0) is 19.1. The van der Waals surface area contributed by atoms with Crippen LogP contribution in [0.15, 0.2) is 84.0 Å². The third-order valence-electron chi connectivity index (χ3n) is 4.29. The Morgan fingerprint density at radius 3 is 2.30 bits per heavy atom. The summed E-state index contributed by atoms with van der Waals surface area (Å²) in [4.78, 5) is 28.6. The van der Waals surface area contributed by atoms with Crippen LogP contribution in [0.3, 0.4) is 0 Å². The molecule has 0 N–H and O–H groups in total. The second kappa shape index (κ2) is 8.90. The van der Waals surface area contributed by atoms with Gasteiger partial charge in [-0.1, -0.05) is 66.2 Å². The molecule has 1 amide bonds. The summed E-state index contributed by atoms with van der Waals surface area (Å²) >= 11 is 0. The number of carbonyl (C=O) groups excluding carboxylic acids is 2. The number of amides is 1. The molecule has 0 bridgehead atoms. The van der Waals surface area contributed by atoms with Gasteiger partial charge in [0.2, 0.25) is 5.91 Å². The average Bonchev–Trinajstić information content (AvgIpc) is 2.70. The highest BCUT2D eigenvalue weighted by molar-refractivity contribution is 5.97. The molecule has 0 saturated heterocycles. The Bertz CT molecular complexity index is 987. The molecular weight excluding hydrogens is 336 g/mol. The van der Waals surface area contributed by atoms with E-state index in [0.29, 0.717) is 17.6 Å². The molecule has 2 aromatic carbocycles. The first kappa shape index (κ1) is 18.5. The minimum atomic E-state index is -0.289. The Hall–Kier alpha value is -3.27. The van der Waals surface area contributed by atoms with Gasteiger partial charge in [0, 0.05) is 31.1 Å². The highest BCUT2D eigenvalue weighted by Crippen LogP contribution is 2.06. The summed E-state index contributed by atoms with van der Waals surface area (Å²) in [7, 11) is 0. The van der Waals surface area contributed by atoms with E-state index < -0.39 is 0 Å². The SMILES string of the molecule is Cc1ccc(Cn2ccccc2=NC(=O)CCC(=O)c2ccccc2)cc1. The predicted octanol–water partition coefficient (Wildman–Crippen LogP) is 3.94. The van der Waals surface area contributed by atoms with Gasteiger partial charge in [-0.15, -0.1) is 0 Å². The van der Waals surface area contributed by atoms with Gasteiger partial charge in [-0.25, -0.2) is 0 Å². The van der Waals surface area contributed by atoms with Crippen molar-refractivity contribution in [1.29, 1.82) is 0 Å². The summed E-state index contributed by atoms with van der Waals surface area (Å²) in [6, 6.07) is 22.9. The van der Waals surface area contributed by atoms with Gasteiger partial charge < -0.3 is 4.57 Å². The number of pyridine rings is 1. The average molecular weight is 358 g/mol. The van der Waals surface area contributed by atoms with Crippen molar-refractivity contribution in [2.75, 3.05) is 0 Å². The van der Waals surface area contributed by atoms with E-state index in [2.05, 4.69) is 36.2 Å². The molecule has 0 spiro atoms. The molecule has 0 radical (unpaired) electrons. The van der Waals surface area contributed by atoms with E-state index in [1.807, 2.05) is 47.2 Å². The van der Waals surface area contributed by atoms with Gasteiger partial charge in [0.25, 0.3) is 0 Å². The van der Waals surface area contributed by atoms with Gasteiger partial charge in [-0.2, -0.15) is 4.99 Å². The minimum absolute atomic E-state index is 0.0419. The zero-order valence-electron chi connectivity index (χ0n) is 15.3. The molecule has 0 atom stereocenters. The topological polar surface area (TPSA) is 51.4 Å². The lowest BCUT2D eigenvalue weighted by Gasteiger charge is -2.08. The van der Waals surface area contributed by atoms with Gasteiger partial charge >= 0.3 is 0 Å². The van der Waals surface area contributed by atoms with E-state index in [0.717, 1.165) is 5.56 Å². The molecule has 27 heavy (non-hydrogen) atoms. The molecule has 0 aliphatic carbocycles. The van der Waals surface area contributed by atoms with Crippen LogP contribution in [-0.4, -0.2) is 16.3 Å². The summed E-state index contributed by atoms with van der Waals surface area (Å²) in [6.07, 6.45) is 2.17. The van der Waals surface area contributed by atoms with E-state index in [4.69, 9.17) is 0 Å². The lowest BCUT2D eigenvalue weighted by Crippen LogP contribution is -2.22. The lowest BCUT2D eigenvalue weighted by molar-refractivity contribution is -0.118. The van der Waals surface area contributed by atoms with Crippen molar-refractivity contribution in [2.45, 2.75) is 26.3 Å². The van der Waals surface area contributed by atoms with Gasteiger partial charge in [-0.05, 0) is 24.6 Å². The lowest BCUT2D eigenvalue weighted by atomic mass is 10.1. The number of ketones is 1. The summed E-state index contributed by atoms with van der Waals surface area (Å²) in [5.74, 6) is -0.331. The van der Waals surface area contributed by atoms with Gasteiger partial charge in [0.05, 0.1) is 0 Å². The van der Waals surface area contributed by atoms with Crippen LogP contribution >= 0.6 is 0 Å². The molecule has 0 aliphatic heterocycles. The second-order valence-electron chi connectivity index (χ2n) is 6.47. The standard InChI is InChI=1S/C23H22N2O2/c1-18-10-12-19(13-11-18)17-25-16-6-5-9-22(25)24-23(27)15-14-21(26)20-7-3-2-4-8-20/h2-13,16H,14-15,17H2,1H3. The number of hydrogen-bond acceptors (Lipinski definition) is 2. The highest BCUT2D eigenvalue weighted by Gasteiger charge is 2.08. The van der Waals surface area contributed by atoms with E-state index in [1.165, 1.54) is 5.56 Å². The van der Waals surface area contributed by atoms with Gasteiger partial charge in [-0.3, -0.25) is 9.59 Å². The first-order valence-corrected chi connectivity index (χ1v) is 8.98. The summed E-state index contributed by atoms with van der Waals surface area (Å²) < 4.78 is 1.93. The van der Waals surface area contributed by atoms with Crippen molar-refractivity contribution >= 4 is 11.7 Å². The molecule has 3 aromatic rings. The van der Waals surface area contributed by atoms with Crippen LogP contribution in [0.2, 0.25) is 0 Å². The molecule has 3 rings (SSSR count). The number of aryl methyl sites for hydroxylation is 1. The molecule has 0 aliphatic rings. The number of aromatic nitrogens is 1. The molecule has 1 aromatic heterocycles. The fourth-order valence-electron chi connectivity index (χ4n) is 2.77. The Labute approximate surface area is 158 Å². The predicted molar refractivity (Wildman–Crippen MR) is 105 cm³/mol. The Morgan fingerprint density at radius 1 is 0.852 bits per heavy atom. The summed E-state index contributed by atoms with van der Waals surface area (Å²) in [5.41, 5.74) is 3.56. The Morgan fingerprint density at radius 2 is 1.56 bits per heavy atom. The number of hydrogen-bond donors (Lipinski definition) is 0. The number of nitrogens with zero attached hydrogens (tertiary/aromatic N) is 2. The molecule has 136 valence electrons. The van der Waals surface area contributed by atoms with Crippen molar-refractivity contribution in [3.63, 3.8) is 0 Å². The Kier molecular flexibility index (Phi) is 6.10. The van der Waals surface area contributed by atoms with Crippen molar-refractivity contribution < 1.29 is 9.59 Å². The second-order valence-corrected chi connectivity index (χ2v) is 6.47. The van der Waals surface area contributed by atoms with E-state index >= 15 is 0 Å². The number of rotatable bonds is 6. The van der Waals surface area contributed by atoms with E-state index in [1.54, 1.807) is 12.1 Å². The van der Waals surface area contributed by atoms with Crippen LogP contribution in [0.5, 0.6) is 0 Å². The molecule has 0 fully saturated rings. The van der Waals surface area contributed by atoms with Crippen LogP contribution in [0.25, 0.3) is 0 Å². The number of Topliss-reactive ketones (excluding diaryl/α,β-unsaturated/α-hetero) is 1. The van der Waals surface area contributed by atoms with Crippen LogP contribution < -0.4 is 5.49 Å². The third kappa shape index (κ3) is 5.35. The molecule has 0 saturated carbocycles. The molecular formula is C23H22N2O2. The van der Waals surface area contributed by atoms with Crippen LogP contribution in [0.4, 0.5) is 0 Å². The third-order valence-corrected chi connectivity index (χ3v) is 4.29. The van der Waals surface area contributed by atoms with Crippen molar-refractivity contribution in [1.82, 2.24) is 4.57 Å². The number of benzene rings is 2. The summed E-state index contributed by atoms with van der Waals surface area (Å²) in [5, 5.41) is 0. The van der Waals surface area contributed by atoms with Gasteiger partial charge in [0.15, 0.2) is 5.78 Å². The smallest absolute Gasteiger partial charge is 0.248 e. The minimum Gasteiger partial charge on any atom is -0.329 e. The maximum absolute atomic E-state index is 12.3. The monoisotopic (exact) mass is 358 g/mol. The van der Waals surface area contributed by atoms with Crippen LogP contribution in [0, 0.1) is 6.92 Å². The van der Waals surface area contributed by atoms with Crippen LogP contribution in [-0.2, 0) is 11.3 Å². The maximum atomic E-state index is 12.3. The first-order chi connectivity index (χ1) is 13.1. The fourth-order valence-corrected chi connectivity index (χ4v) is 2.77.